The molecule has 138 heavy (non-hydrogen) atoms. The molecule has 5 aliphatic rings. The van der Waals surface area contributed by atoms with Crippen LogP contribution in [0.5, 0.6) is 0 Å². The quantitative estimate of drug-likeness (QED) is 0.150. The van der Waals surface area contributed by atoms with E-state index in [0.29, 0.717) is 13.1 Å². The third-order valence-corrected chi connectivity index (χ3v) is 30.0. The maximum Gasteiger partial charge on any atom is 2.00 e. The molecule has 11 heteroatoms. The number of nitrogens with zero attached hydrogens (tertiary/aromatic N) is 9. The summed E-state index contributed by atoms with van der Waals surface area (Å²) in [4.78, 5) is 54.0. The molecule has 9 nitrogen and oxygen atoms in total. The van der Waals surface area contributed by atoms with Gasteiger partial charge in [0, 0.05) is 30.3 Å². The third kappa shape index (κ3) is 17.6. The summed E-state index contributed by atoms with van der Waals surface area (Å²) in [5, 5.41) is 3.83. The molecule has 19 rings (SSSR count). The Kier molecular flexibility index (Phi) is 23.7. The molecule has 16 bridgehead atoms. The Morgan fingerprint density at radius 1 is 0.246 bits per heavy atom. The van der Waals surface area contributed by atoms with Crippen molar-refractivity contribution in [2.75, 3.05) is 20.1 Å². The van der Waals surface area contributed by atoms with Crippen LogP contribution in [0.1, 0.15) is 373 Å². The van der Waals surface area contributed by atoms with Gasteiger partial charge in [0.15, 0.2) is 0 Å². The van der Waals surface area contributed by atoms with Crippen LogP contribution in [0.15, 0.2) is 146 Å². The smallest absolute Gasteiger partial charge is 0.659 e. The third-order valence-electron chi connectivity index (χ3n) is 30.0. The van der Waals surface area contributed by atoms with E-state index >= 15 is 0 Å². The summed E-state index contributed by atoms with van der Waals surface area (Å²) in [5.41, 5.74) is 40.6. The van der Waals surface area contributed by atoms with E-state index in [1.54, 1.807) is 0 Å². The summed E-state index contributed by atoms with van der Waals surface area (Å²) in [6.07, 6.45) is 9.17. The SMILES string of the molecule is CN1C[C@@H]2c3nc4c2c2c5[n-]c(c(-c6cc(C(C)(C)C)cc(C(C)(C)C)c6)c6nc(c(-c7cc(C(C)(C)C)cc(C(C)(C)C)c7)c7ccc([n-]7)c(-c7cc(C(C)(C)C)cc(C(C)(C)C)c7)c7cc8c9cc([n-]c9c4c5c8n7)c(-c4cc(C(C)(C)C)cc(C(C)(C)C)c4)c4nc(c(-c5cc(C(C)(C)C)cc(C(C)(C)C)c5)c5ccc([n-]5)c3-c3cc(C(C)(C)C)cc(C(C)(C)C)c3)C=C4)C=C6)[C@@H]2C1.[Ni+2].[Ni+2]. The molecule has 0 unspecified atom stereocenters. The molecule has 8 aromatic carbocycles. The van der Waals surface area contributed by atoms with E-state index in [4.69, 9.17) is 39.9 Å². The summed E-state index contributed by atoms with van der Waals surface area (Å²) in [6.45, 7) is 85.9. The number of hydrogen-bond acceptors (Lipinski definition) is 5. The Morgan fingerprint density at radius 2 is 0.522 bits per heavy atom. The van der Waals surface area contributed by atoms with E-state index in [0.717, 1.165) is 178 Å². The fourth-order valence-corrected chi connectivity index (χ4v) is 21.2. The minimum Gasteiger partial charge on any atom is -0.659 e. The first-order valence-electron chi connectivity index (χ1n) is 50.1. The summed E-state index contributed by atoms with van der Waals surface area (Å²) < 4.78 is 0. The van der Waals surface area contributed by atoms with Gasteiger partial charge in [-0.2, -0.15) is 0 Å². The van der Waals surface area contributed by atoms with Crippen LogP contribution in [0.25, 0.3) is 168 Å². The molecular weight excluding hydrogens is 1770 g/mol. The van der Waals surface area contributed by atoms with E-state index in [1.165, 1.54) is 77.9 Å². The summed E-state index contributed by atoms with van der Waals surface area (Å²) in [5.74, 6) is -0.634. The molecule has 0 saturated carbocycles. The average Bonchev–Trinajstić information content (AvgIpc) is 1.51. The van der Waals surface area contributed by atoms with Crippen LogP contribution in [0.2, 0.25) is 0 Å². The number of fused-ring (bicyclic) bond motifs is 15. The van der Waals surface area contributed by atoms with E-state index in [1.807, 2.05) is 0 Å². The van der Waals surface area contributed by atoms with Crippen molar-refractivity contribution in [1.29, 1.82) is 0 Å². The van der Waals surface area contributed by atoms with Gasteiger partial charge in [-0.05, 0) is 263 Å². The van der Waals surface area contributed by atoms with Crippen molar-refractivity contribution in [2.45, 2.75) is 326 Å². The topological polar surface area (TPSA) is 111 Å². The number of aromatic nitrogens is 8. The molecule has 0 radical (unpaired) electrons. The first-order valence-corrected chi connectivity index (χ1v) is 50.1. The Hall–Kier alpha value is -10.3. The van der Waals surface area contributed by atoms with Gasteiger partial charge >= 0.3 is 33.0 Å². The minimum absolute atomic E-state index is 0. The second-order valence-corrected chi connectivity index (χ2v) is 53.3. The Labute approximate surface area is 843 Å². The van der Waals surface area contributed by atoms with Crippen molar-refractivity contribution in [3.05, 3.63) is 258 Å². The van der Waals surface area contributed by atoms with Gasteiger partial charge in [0.1, 0.15) is 0 Å². The summed E-state index contributed by atoms with van der Waals surface area (Å²) in [6, 6.07) is 58.1. The molecule has 14 aromatic rings. The monoisotopic (exact) mass is 1910 g/mol. The Balaban J connectivity index is 0.00000659. The van der Waals surface area contributed by atoms with Crippen LogP contribution in [-0.4, -0.2) is 45.0 Å². The predicted molar refractivity (Wildman–Crippen MR) is 582 cm³/mol. The maximum absolute atomic E-state index is 6.71. The number of rotatable bonds is 6. The molecule has 0 saturated heterocycles. The van der Waals surface area contributed by atoms with Gasteiger partial charge in [-0.3, -0.25) is 4.98 Å². The zero-order chi connectivity index (χ0) is 98.2. The van der Waals surface area contributed by atoms with E-state index in [9.17, 15) is 0 Å². The molecule has 0 fully saturated rings. The van der Waals surface area contributed by atoms with Gasteiger partial charge in [0.2, 0.25) is 0 Å². The van der Waals surface area contributed by atoms with Crippen molar-refractivity contribution in [1.82, 2.24) is 44.8 Å². The molecule has 0 amide bonds. The molecule has 11 heterocycles. The molecule has 6 aromatic heterocycles. The maximum atomic E-state index is 6.71. The number of benzene rings is 8. The second kappa shape index (κ2) is 32.9. The largest absolute Gasteiger partial charge is 2.00 e. The normalized spacial score (nSPS) is 15.6. The van der Waals surface area contributed by atoms with Crippen molar-refractivity contribution in [3.8, 4) is 66.8 Å². The molecule has 2 atom stereocenters. The van der Waals surface area contributed by atoms with Gasteiger partial charge in [0.25, 0.3) is 0 Å². The van der Waals surface area contributed by atoms with Crippen molar-refractivity contribution in [2.24, 2.45) is 0 Å². The van der Waals surface area contributed by atoms with Crippen LogP contribution < -0.4 is 19.9 Å². The van der Waals surface area contributed by atoms with Crippen LogP contribution in [-0.2, 0) is 98.0 Å². The molecular formula is C127H145N9Ni2. The Morgan fingerprint density at radius 3 is 0.855 bits per heavy atom. The zero-order valence-electron chi connectivity index (χ0n) is 89.4. The van der Waals surface area contributed by atoms with Crippen molar-refractivity contribution >= 4 is 101 Å². The Bertz CT molecular complexity index is 7580. The van der Waals surface area contributed by atoms with Gasteiger partial charge in [-0.25, -0.2) is 15.0 Å². The minimum atomic E-state index is -0.317. The zero-order valence-corrected chi connectivity index (χ0v) is 91.4. The van der Waals surface area contributed by atoms with Gasteiger partial charge < -0.3 is 24.8 Å². The standard InChI is InChI=1S/C127H145N9.2Ni/c1-116(2,3)74-46-68(47-75(58-74)117(4,5)6)100-90-38-40-94(128-90)102(70-50-78(120(13,14)15)60-79(51-70)121(16,17)18)98-64-86-87-65-99-103(71-52-80(122(19,20)21)61-81(53-71)123(22,23)24)95-41-39-91(129-95)101(69-48-76(118(7,8)9)59-77(49-69)119(10,11)12)93-43-45-97(131-93)105(73-56-84(126(31,32)33)63-85(57-73)127(34,35)36)113-89-67-136(37)66-88-106-107(89)115(135-113)109(111(87)133-99)108(110(86)132-98)114(106)134-112(88)104(96-44-42-92(100)130-96)72-54-82(124(25,26)27)62-83(55-72)125(28,29)30;;/h38-65,88-89H,66-67H2,1-37H3;;/q-4;2*+2/t88-,89+;;/m0../s1. The summed E-state index contributed by atoms with van der Waals surface area (Å²) in [7, 11) is 2.36. The first-order chi connectivity index (χ1) is 62.8. The molecule has 0 aliphatic carbocycles. The predicted octanol–water partition coefficient (Wildman–Crippen LogP) is 32.9. The van der Waals surface area contributed by atoms with Crippen LogP contribution in [0.4, 0.5) is 0 Å². The number of hydrogen-bond donors (Lipinski definition) is 0. The van der Waals surface area contributed by atoms with E-state index < -0.39 is 0 Å². The van der Waals surface area contributed by atoms with Crippen molar-refractivity contribution < 1.29 is 33.0 Å². The van der Waals surface area contributed by atoms with E-state index in [2.05, 4.69) is 431 Å². The van der Waals surface area contributed by atoms with Crippen LogP contribution in [0, 0.1) is 0 Å². The molecule has 5 aliphatic heterocycles. The van der Waals surface area contributed by atoms with Gasteiger partial charge in [0.05, 0.1) is 45.0 Å². The molecule has 0 spiro atoms. The molecule has 718 valence electrons. The second-order valence-electron chi connectivity index (χ2n) is 53.3. The number of likely N-dealkylation sites (N-methyl/N-ethyl adjacent to an activating group) is 1. The van der Waals surface area contributed by atoms with E-state index in [-0.39, 0.29) is 110 Å². The van der Waals surface area contributed by atoms with Crippen LogP contribution in [0.3, 0.4) is 0 Å². The average molecular weight is 1920 g/mol. The summed E-state index contributed by atoms with van der Waals surface area (Å²) >= 11 is 0. The van der Waals surface area contributed by atoms with Gasteiger partial charge in [-0.1, -0.05) is 389 Å². The van der Waals surface area contributed by atoms with Crippen LogP contribution >= 0.6 is 0 Å². The van der Waals surface area contributed by atoms with Crippen molar-refractivity contribution in [3.63, 3.8) is 0 Å². The first kappa shape index (κ1) is 99.3. The molecule has 0 N–H and O–H groups in total. The van der Waals surface area contributed by atoms with Gasteiger partial charge in [-0.15, -0.1) is 44.3 Å². The fourth-order valence-electron chi connectivity index (χ4n) is 21.2. The fraction of sp³-hybridized carbons (Fsp3) is 0.417.